The Morgan fingerprint density at radius 1 is 1.08 bits per heavy atom. The van der Waals surface area contributed by atoms with Crippen LogP contribution in [0.15, 0.2) is 36.8 Å². The Bertz CT molecular complexity index is 832. The van der Waals surface area contributed by atoms with Crippen molar-refractivity contribution in [1.82, 2.24) is 19.7 Å². The highest BCUT2D eigenvalue weighted by Gasteiger charge is 2.11. The molecule has 5 nitrogen and oxygen atoms in total. The number of benzene rings is 1. The molecule has 0 aliphatic heterocycles. The summed E-state index contributed by atoms with van der Waals surface area (Å²) in [7, 11) is 0. The lowest BCUT2D eigenvalue weighted by Crippen LogP contribution is -1.96. The summed E-state index contributed by atoms with van der Waals surface area (Å²) in [6.07, 6.45) is 6.08. The van der Waals surface area contributed by atoms with Gasteiger partial charge in [0.15, 0.2) is 0 Å². The van der Waals surface area contributed by atoms with Crippen LogP contribution >= 0.6 is 34.8 Å². The van der Waals surface area contributed by atoms with E-state index in [9.17, 15) is 0 Å². The van der Waals surface area contributed by atoms with Crippen LogP contribution in [0.4, 0.5) is 5.95 Å². The normalized spacial score (nSPS) is 10.2. The van der Waals surface area contributed by atoms with Gasteiger partial charge in [-0.3, -0.25) is 0 Å². The molecule has 0 saturated carbocycles. The van der Waals surface area contributed by atoms with Crippen molar-refractivity contribution in [3.05, 3.63) is 51.9 Å². The molecule has 0 fully saturated rings. The van der Waals surface area contributed by atoms with Gasteiger partial charge in [-0.25, -0.2) is 14.6 Å². The lowest BCUT2D eigenvalue weighted by atomic mass is 10.2. The van der Waals surface area contributed by atoms with Crippen LogP contribution < -0.4 is 5.73 Å². The minimum Gasteiger partial charge on any atom is -0.368 e. The van der Waals surface area contributed by atoms with E-state index in [2.05, 4.69) is 28.9 Å². The van der Waals surface area contributed by atoms with Gasteiger partial charge in [-0.2, -0.15) is 5.10 Å². The van der Waals surface area contributed by atoms with Crippen molar-refractivity contribution in [2.75, 3.05) is 5.73 Å². The predicted octanol–water partition coefficient (Wildman–Crippen LogP) is 5.29. The van der Waals surface area contributed by atoms with Crippen molar-refractivity contribution in [2.24, 2.45) is 0 Å². The van der Waals surface area contributed by atoms with E-state index >= 15 is 0 Å². The highest BCUT2D eigenvalue weighted by atomic mass is 35.5. The average molecular weight is 385 g/mol. The van der Waals surface area contributed by atoms with Crippen molar-refractivity contribution < 1.29 is 0 Å². The molecular formula is C16H16Cl3N5. The zero-order valence-corrected chi connectivity index (χ0v) is 15.4. The quantitative estimate of drug-likeness (QED) is 0.652. The van der Waals surface area contributed by atoms with Crippen LogP contribution in [0.1, 0.15) is 20.3 Å². The number of hydrogen-bond donors (Lipinski definition) is 1. The third-order valence-electron chi connectivity index (χ3n) is 2.78. The minimum atomic E-state index is 0.145. The van der Waals surface area contributed by atoms with E-state index in [0.717, 1.165) is 0 Å². The number of nitrogen functional groups attached to an aromatic ring is 1. The molecule has 0 aliphatic rings. The number of nitrogens with two attached hydrogens (primary N) is 1. The fourth-order valence-corrected chi connectivity index (χ4v) is 2.52. The molecule has 0 aliphatic carbocycles. The van der Waals surface area contributed by atoms with Crippen molar-refractivity contribution in [3.8, 4) is 16.9 Å². The first kappa shape index (κ1) is 18.5. The lowest BCUT2D eigenvalue weighted by Gasteiger charge is -2.04. The van der Waals surface area contributed by atoms with Crippen LogP contribution in [-0.2, 0) is 0 Å². The number of anilines is 1. The monoisotopic (exact) mass is 383 g/mol. The summed E-state index contributed by atoms with van der Waals surface area (Å²) >= 11 is 18.1. The Morgan fingerprint density at radius 3 is 2.46 bits per heavy atom. The van der Waals surface area contributed by atoms with Gasteiger partial charge in [0.1, 0.15) is 0 Å². The number of aromatic nitrogens is 4. The second kappa shape index (κ2) is 8.33. The van der Waals surface area contributed by atoms with Gasteiger partial charge in [-0.1, -0.05) is 55.1 Å². The molecule has 0 unspecified atom stereocenters. The van der Waals surface area contributed by atoms with Crippen molar-refractivity contribution in [2.45, 2.75) is 20.3 Å². The molecule has 0 atom stereocenters. The molecular weight excluding hydrogens is 369 g/mol. The Hall–Kier alpha value is -1.82. The Kier molecular flexibility index (Phi) is 6.43. The van der Waals surface area contributed by atoms with Crippen molar-refractivity contribution in [3.63, 3.8) is 0 Å². The summed E-state index contributed by atoms with van der Waals surface area (Å²) in [4.78, 5) is 7.94. The van der Waals surface area contributed by atoms with E-state index in [1.165, 1.54) is 12.6 Å². The molecule has 3 aromatic rings. The number of rotatable bonds is 2. The van der Waals surface area contributed by atoms with E-state index in [0.29, 0.717) is 32.0 Å². The maximum Gasteiger partial charge on any atom is 0.220 e. The third kappa shape index (κ3) is 4.38. The van der Waals surface area contributed by atoms with Crippen LogP contribution in [0.5, 0.6) is 0 Å². The highest BCUT2D eigenvalue weighted by Crippen LogP contribution is 2.28. The Balaban J connectivity index is 0.000000647. The standard InChI is InChI=1S/C13H8Cl3N5.C3H8/c14-8-1-2-11(9(15)3-8)21-6-7(4-19-21)12-10(16)5-18-13(17)20-12;1-3-2/h1-6H,(H2,17,18,20);3H2,1-2H3. The second-order valence-electron chi connectivity index (χ2n) is 4.90. The molecule has 1 aromatic carbocycles. The van der Waals surface area contributed by atoms with Gasteiger partial charge < -0.3 is 5.73 Å². The van der Waals surface area contributed by atoms with E-state index in [-0.39, 0.29) is 5.95 Å². The van der Waals surface area contributed by atoms with E-state index in [1.54, 1.807) is 35.3 Å². The number of nitrogens with zero attached hydrogens (tertiary/aromatic N) is 4. The fraction of sp³-hybridized carbons (Fsp3) is 0.188. The summed E-state index contributed by atoms with van der Waals surface area (Å²) in [5, 5.41) is 5.70. The Morgan fingerprint density at radius 2 is 1.79 bits per heavy atom. The SMILES string of the molecule is CCC.Nc1ncc(Cl)c(-c2cnn(-c3ccc(Cl)cc3Cl)c2)n1. The first-order valence-corrected chi connectivity index (χ1v) is 8.38. The molecule has 2 aromatic heterocycles. The lowest BCUT2D eigenvalue weighted by molar-refractivity contribution is 0.881. The summed E-state index contributed by atoms with van der Waals surface area (Å²) in [5.74, 6) is 0.145. The molecule has 0 spiro atoms. The molecule has 8 heteroatoms. The first-order valence-electron chi connectivity index (χ1n) is 7.24. The van der Waals surface area contributed by atoms with Crippen molar-refractivity contribution >= 4 is 40.8 Å². The van der Waals surface area contributed by atoms with Gasteiger partial charge in [0.2, 0.25) is 5.95 Å². The van der Waals surface area contributed by atoms with Gasteiger partial charge in [-0.15, -0.1) is 0 Å². The highest BCUT2D eigenvalue weighted by molar-refractivity contribution is 6.35. The molecule has 126 valence electrons. The number of hydrogen-bond acceptors (Lipinski definition) is 4. The summed E-state index contributed by atoms with van der Waals surface area (Å²) < 4.78 is 1.61. The largest absolute Gasteiger partial charge is 0.368 e. The fourth-order valence-electron chi connectivity index (χ4n) is 1.83. The summed E-state index contributed by atoms with van der Waals surface area (Å²) in [5.41, 5.74) is 7.50. The van der Waals surface area contributed by atoms with E-state index < -0.39 is 0 Å². The molecule has 0 saturated heterocycles. The van der Waals surface area contributed by atoms with Gasteiger partial charge in [0.25, 0.3) is 0 Å². The third-order valence-corrected chi connectivity index (χ3v) is 3.59. The summed E-state index contributed by atoms with van der Waals surface area (Å²) in [6.45, 7) is 4.25. The van der Waals surface area contributed by atoms with Gasteiger partial charge in [-0.05, 0) is 18.2 Å². The average Bonchev–Trinajstić information content (AvgIpc) is 3.00. The molecule has 24 heavy (non-hydrogen) atoms. The second-order valence-corrected chi connectivity index (χ2v) is 6.15. The zero-order valence-electron chi connectivity index (χ0n) is 13.2. The predicted molar refractivity (Wildman–Crippen MR) is 100.0 cm³/mol. The van der Waals surface area contributed by atoms with E-state index in [1.807, 2.05) is 0 Å². The molecule has 2 N–H and O–H groups in total. The maximum atomic E-state index is 6.16. The summed E-state index contributed by atoms with van der Waals surface area (Å²) in [6, 6.07) is 5.16. The number of halogens is 3. The smallest absolute Gasteiger partial charge is 0.220 e. The van der Waals surface area contributed by atoms with Crippen LogP contribution in [-0.4, -0.2) is 19.7 Å². The van der Waals surface area contributed by atoms with Gasteiger partial charge >= 0.3 is 0 Å². The van der Waals surface area contributed by atoms with E-state index in [4.69, 9.17) is 40.5 Å². The minimum absolute atomic E-state index is 0.145. The van der Waals surface area contributed by atoms with Crippen LogP contribution in [0.25, 0.3) is 16.9 Å². The maximum absolute atomic E-state index is 6.16. The molecule has 2 heterocycles. The molecule has 0 bridgehead atoms. The van der Waals surface area contributed by atoms with Crippen LogP contribution in [0.2, 0.25) is 15.1 Å². The molecule has 0 radical (unpaired) electrons. The molecule has 3 rings (SSSR count). The van der Waals surface area contributed by atoms with Gasteiger partial charge in [0.05, 0.1) is 33.8 Å². The van der Waals surface area contributed by atoms with Crippen LogP contribution in [0.3, 0.4) is 0 Å². The topological polar surface area (TPSA) is 69.6 Å². The Labute approximate surface area is 155 Å². The molecule has 0 amide bonds. The van der Waals surface area contributed by atoms with Crippen LogP contribution in [0, 0.1) is 0 Å². The first-order chi connectivity index (χ1) is 11.5. The van der Waals surface area contributed by atoms with Gasteiger partial charge in [0, 0.05) is 16.8 Å². The zero-order chi connectivity index (χ0) is 17.7. The van der Waals surface area contributed by atoms with Crippen molar-refractivity contribution in [1.29, 1.82) is 0 Å².